The number of nitrogens with one attached hydrogen (secondary N) is 1. The van der Waals surface area contributed by atoms with E-state index in [1.807, 2.05) is 18.2 Å². The molecule has 102 valence electrons. The van der Waals surface area contributed by atoms with Crippen LogP contribution in [-0.2, 0) is 9.59 Å². The van der Waals surface area contributed by atoms with E-state index in [1.165, 1.54) is 13.0 Å². The average molecular weight is 263 g/mol. The molecule has 0 saturated heterocycles. The molecule has 1 aromatic carbocycles. The summed E-state index contributed by atoms with van der Waals surface area (Å²) < 4.78 is 5.15. The highest BCUT2D eigenvalue weighted by Crippen LogP contribution is 2.18. The highest BCUT2D eigenvalue weighted by molar-refractivity contribution is 5.92. The van der Waals surface area contributed by atoms with Gasteiger partial charge in [0.2, 0.25) is 5.91 Å². The van der Waals surface area contributed by atoms with Gasteiger partial charge >= 0.3 is 5.97 Å². The molecule has 0 aliphatic heterocycles. The zero-order chi connectivity index (χ0) is 14.3. The molecule has 1 rings (SSSR count). The molecule has 0 saturated carbocycles. The minimum atomic E-state index is -0.936. The van der Waals surface area contributed by atoms with Crippen LogP contribution in [0.4, 0.5) is 0 Å². The van der Waals surface area contributed by atoms with Crippen LogP contribution in [0.5, 0.6) is 5.75 Å². The van der Waals surface area contributed by atoms with Gasteiger partial charge in [0.25, 0.3) is 0 Å². The normalized spacial score (nSPS) is 12.1. The van der Waals surface area contributed by atoms with E-state index in [9.17, 15) is 9.59 Å². The number of benzene rings is 1. The highest BCUT2D eigenvalue weighted by Gasteiger charge is 2.10. The first-order chi connectivity index (χ1) is 9.04. The van der Waals surface area contributed by atoms with Crippen LogP contribution >= 0.6 is 0 Å². The van der Waals surface area contributed by atoms with Crippen molar-refractivity contribution in [2.75, 3.05) is 13.7 Å². The molecule has 1 amide bonds. The lowest BCUT2D eigenvalue weighted by atomic mass is 10.1. The largest absolute Gasteiger partial charge is 0.496 e. The summed E-state index contributed by atoms with van der Waals surface area (Å²) in [6.45, 7) is 1.64. The van der Waals surface area contributed by atoms with Gasteiger partial charge in [0, 0.05) is 18.2 Å². The van der Waals surface area contributed by atoms with Crippen LogP contribution in [0.2, 0.25) is 0 Å². The molecule has 1 aromatic rings. The number of carbonyl (C=O) groups excluding carboxylic acids is 1. The first-order valence-electron chi connectivity index (χ1n) is 5.86. The van der Waals surface area contributed by atoms with Gasteiger partial charge < -0.3 is 15.2 Å². The quantitative estimate of drug-likeness (QED) is 0.763. The minimum absolute atomic E-state index is 0.102. The third-order valence-corrected chi connectivity index (χ3v) is 2.56. The Balaban J connectivity index is 2.56. The maximum absolute atomic E-state index is 11.5. The molecular weight excluding hydrogens is 246 g/mol. The summed E-state index contributed by atoms with van der Waals surface area (Å²) in [5.74, 6) is -1.21. The van der Waals surface area contributed by atoms with Crippen molar-refractivity contribution >= 4 is 18.0 Å². The van der Waals surface area contributed by atoms with Crippen molar-refractivity contribution in [3.05, 3.63) is 35.9 Å². The lowest BCUT2D eigenvalue weighted by Crippen LogP contribution is -2.30. The fraction of sp³-hybridized carbons (Fsp3) is 0.286. The molecule has 0 aliphatic rings. The molecule has 1 unspecified atom stereocenters. The van der Waals surface area contributed by atoms with E-state index in [4.69, 9.17) is 9.84 Å². The van der Waals surface area contributed by atoms with Crippen LogP contribution in [0.25, 0.3) is 6.08 Å². The van der Waals surface area contributed by atoms with Gasteiger partial charge in [0.1, 0.15) is 5.75 Å². The third kappa shape index (κ3) is 4.83. The zero-order valence-electron chi connectivity index (χ0n) is 10.9. The molecule has 0 heterocycles. The number of methoxy groups -OCH3 is 1. The van der Waals surface area contributed by atoms with Crippen LogP contribution in [0, 0.1) is 5.92 Å². The Morgan fingerprint density at radius 1 is 1.42 bits per heavy atom. The van der Waals surface area contributed by atoms with E-state index >= 15 is 0 Å². The molecule has 0 bridgehead atoms. The zero-order valence-corrected chi connectivity index (χ0v) is 10.9. The number of rotatable bonds is 6. The lowest BCUT2D eigenvalue weighted by Gasteiger charge is -2.06. The molecule has 0 aliphatic carbocycles. The van der Waals surface area contributed by atoms with Crippen molar-refractivity contribution < 1.29 is 19.4 Å². The summed E-state index contributed by atoms with van der Waals surface area (Å²) in [6.07, 6.45) is 2.98. The van der Waals surface area contributed by atoms with E-state index in [-0.39, 0.29) is 12.5 Å². The molecular formula is C14H17NO4. The van der Waals surface area contributed by atoms with Gasteiger partial charge in [-0.25, -0.2) is 0 Å². The molecule has 5 heteroatoms. The Morgan fingerprint density at radius 3 is 2.74 bits per heavy atom. The molecule has 2 N–H and O–H groups in total. The van der Waals surface area contributed by atoms with Gasteiger partial charge in [0.15, 0.2) is 0 Å². The van der Waals surface area contributed by atoms with Crippen molar-refractivity contribution in [3.63, 3.8) is 0 Å². The maximum atomic E-state index is 11.5. The monoisotopic (exact) mass is 263 g/mol. The summed E-state index contributed by atoms with van der Waals surface area (Å²) in [7, 11) is 1.56. The summed E-state index contributed by atoms with van der Waals surface area (Å²) in [5.41, 5.74) is 0.784. The van der Waals surface area contributed by atoms with E-state index in [0.717, 1.165) is 5.56 Å². The molecule has 19 heavy (non-hydrogen) atoms. The third-order valence-electron chi connectivity index (χ3n) is 2.56. The van der Waals surface area contributed by atoms with Crippen LogP contribution in [0.1, 0.15) is 12.5 Å². The first kappa shape index (κ1) is 14.8. The summed E-state index contributed by atoms with van der Waals surface area (Å²) in [6, 6.07) is 7.30. The Hall–Kier alpha value is -2.30. The van der Waals surface area contributed by atoms with Crippen LogP contribution in [0.3, 0.4) is 0 Å². The second-order valence-electron chi connectivity index (χ2n) is 4.06. The fourth-order valence-electron chi connectivity index (χ4n) is 1.37. The number of ether oxygens (including phenoxy) is 1. The smallest absolute Gasteiger partial charge is 0.308 e. The van der Waals surface area contributed by atoms with Crippen molar-refractivity contribution in [1.82, 2.24) is 5.32 Å². The first-order valence-corrected chi connectivity index (χ1v) is 5.86. The van der Waals surface area contributed by atoms with Gasteiger partial charge in [-0.1, -0.05) is 25.1 Å². The number of hydrogen-bond donors (Lipinski definition) is 2. The predicted octanol–water partition coefficient (Wildman–Crippen LogP) is 1.55. The van der Waals surface area contributed by atoms with E-state index < -0.39 is 11.9 Å². The molecule has 0 radical (unpaired) electrons. The van der Waals surface area contributed by atoms with Gasteiger partial charge in [-0.05, 0) is 12.1 Å². The molecule has 1 atom stereocenters. The van der Waals surface area contributed by atoms with Crippen LogP contribution in [0.15, 0.2) is 30.3 Å². The van der Waals surface area contributed by atoms with E-state index in [0.29, 0.717) is 5.75 Å². The molecule has 0 fully saturated rings. The number of carboxylic acid groups (broad SMARTS) is 1. The van der Waals surface area contributed by atoms with Gasteiger partial charge in [-0.2, -0.15) is 0 Å². The van der Waals surface area contributed by atoms with Crippen LogP contribution < -0.4 is 10.1 Å². The Labute approximate surface area is 111 Å². The number of para-hydroxylation sites is 1. The topological polar surface area (TPSA) is 75.6 Å². The number of hydrogen-bond acceptors (Lipinski definition) is 3. The molecule has 0 aromatic heterocycles. The number of carbonyl (C=O) groups is 2. The molecule has 0 spiro atoms. The highest BCUT2D eigenvalue weighted by atomic mass is 16.5. The average Bonchev–Trinajstić information content (AvgIpc) is 2.42. The fourth-order valence-corrected chi connectivity index (χ4v) is 1.37. The predicted molar refractivity (Wildman–Crippen MR) is 71.8 cm³/mol. The number of carboxylic acids is 1. The van der Waals surface area contributed by atoms with Gasteiger partial charge in [-0.15, -0.1) is 0 Å². The van der Waals surface area contributed by atoms with Crippen molar-refractivity contribution in [3.8, 4) is 5.75 Å². The SMILES string of the molecule is COc1ccccc1C=CC(=O)NCC(C)C(=O)O. The Kier molecular flexibility index (Phi) is 5.60. The summed E-state index contributed by atoms with van der Waals surface area (Å²) >= 11 is 0. The summed E-state index contributed by atoms with van der Waals surface area (Å²) in [5, 5.41) is 11.2. The van der Waals surface area contributed by atoms with Crippen molar-refractivity contribution in [1.29, 1.82) is 0 Å². The Morgan fingerprint density at radius 2 is 2.11 bits per heavy atom. The number of amides is 1. The summed E-state index contributed by atoms with van der Waals surface area (Å²) in [4.78, 5) is 22.1. The van der Waals surface area contributed by atoms with E-state index in [2.05, 4.69) is 5.32 Å². The van der Waals surface area contributed by atoms with Gasteiger partial charge in [0.05, 0.1) is 13.0 Å². The maximum Gasteiger partial charge on any atom is 0.308 e. The lowest BCUT2D eigenvalue weighted by molar-refractivity contribution is -0.141. The van der Waals surface area contributed by atoms with Gasteiger partial charge in [-0.3, -0.25) is 9.59 Å². The standard InChI is InChI=1S/C14H17NO4/c1-10(14(17)18)9-15-13(16)8-7-11-5-3-4-6-12(11)19-2/h3-8,10H,9H2,1-2H3,(H,15,16)(H,17,18). The second kappa shape index (κ2) is 7.20. The van der Waals surface area contributed by atoms with E-state index in [1.54, 1.807) is 19.3 Å². The van der Waals surface area contributed by atoms with Crippen molar-refractivity contribution in [2.45, 2.75) is 6.92 Å². The minimum Gasteiger partial charge on any atom is -0.496 e. The van der Waals surface area contributed by atoms with Crippen molar-refractivity contribution in [2.24, 2.45) is 5.92 Å². The second-order valence-corrected chi connectivity index (χ2v) is 4.06. The molecule has 5 nitrogen and oxygen atoms in total. The Bertz CT molecular complexity index is 482. The number of aliphatic carboxylic acids is 1. The van der Waals surface area contributed by atoms with Crippen LogP contribution in [-0.4, -0.2) is 30.6 Å².